The van der Waals surface area contributed by atoms with E-state index in [1.807, 2.05) is 11.9 Å². The van der Waals surface area contributed by atoms with Crippen LogP contribution in [0.5, 0.6) is 0 Å². The van der Waals surface area contributed by atoms with E-state index >= 15 is 0 Å². The van der Waals surface area contributed by atoms with Gasteiger partial charge in [0.05, 0.1) is 28.6 Å². The number of carbonyl (C=O) groups excluding carboxylic acids is 1. The molecule has 2 aromatic heterocycles. The number of nitrogens with two attached hydrogens (primary N) is 2. The van der Waals surface area contributed by atoms with Gasteiger partial charge in [0.1, 0.15) is 17.4 Å². The Bertz CT molecular complexity index is 1250. The molecule has 0 radical (unpaired) electrons. The first-order valence-corrected chi connectivity index (χ1v) is 10.8. The van der Waals surface area contributed by atoms with Gasteiger partial charge >= 0.3 is 11.9 Å². The number of anilines is 3. The molecule has 3 aromatic rings. The van der Waals surface area contributed by atoms with Crippen molar-refractivity contribution in [3.05, 3.63) is 46.2 Å². The number of nitrogen functional groups attached to an aromatic ring is 2. The van der Waals surface area contributed by atoms with Crippen molar-refractivity contribution < 1.29 is 24.6 Å². The number of aliphatic carboxylic acids is 2. The molecule has 1 aromatic carbocycles. The van der Waals surface area contributed by atoms with Crippen LogP contribution in [-0.2, 0) is 16.1 Å². The average Bonchev–Trinajstić information content (AvgIpc) is 2.80. The Kier molecular flexibility index (Phi) is 7.46. The second-order valence-electron chi connectivity index (χ2n) is 7.46. The number of aromatic nitrogens is 3. The van der Waals surface area contributed by atoms with Crippen LogP contribution in [0, 0.1) is 0 Å². The summed E-state index contributed by atoms with van der Waals surface area (Å²) in [7, 11) is 1.83. The number of amides is 1. The van der Waals surface area contributed by atoms with Gasteiger partial charge in [-0.1, -0.05) is 0 Å². The maximum absolute atomic E-state index is 12.4. The van der Waals surface area contributed by atoms with E-state index in [-0.39, 0.29) is 24.2 Å². The molecule has 0 aliphatic carbocycles. The number of halogens is 1. The summed E-state index contributed by atoms with van der Waals surface area (Å²) in [4.78, 5) is 49.2. The number of pyridine rings is 1. The first kappa shape index (κ1) is 24.6. The Morgan fingerprint density at radius 2 is 1.82 bits per heavy atom. The Morgan fingerprint density at radius 3 is 2.44 bits per heavy atom. The van der Waals surface area contributed by atoms with Crippen LogP contribution < -0.4 is 21.7 Å². The van der Waals surface area contributed by atoms with Gasteiger partial charge in [0, 0.05) is 24.7 Å². The molecule has 0 aliphatic rings. The first-order chi connectivity index (χ1) is 16.1. The number of carbonyl (C=O) groups is 3. The summed E-state index contributed by atoms with van der Waals surface area (Å²) >= 11 is 3.29. The summed E-state index contributed by atoms with van der Waals surface area (Å²) in [6, 6.07) is 5.19. The van der Waals surface area contributed by atoms with E-state index in [1.165, 1.54) is 0 Å². The van der Waals surface area contributed by atoms with Crippen molar-refractivity contribution in [2.75, 3.05) is 23.4 Å². The minimum absolute atomic E-state index is 0.215. The molecule has 7 N–H and O–H groups in total. The third-order valence-electron chi connectivity index (χ3n) is 4.97. The molecule has 3 rings (SSSR count). The summed E-state index contributed by atoms with van der Waals surface area (Å²) in [6.45, 7) is 0.381. The molecule has 0 aliphatic heterocycles. The van der Waals surface area contributed by atoms with E-state index < -0.39 is 23.9 Å². The summed E-state index contributed by atoms with van der Waals surface area (Å²) in [6.07, 6.45) is 0.988. The molecule has 34 heavy (non-hydrogen) atoms. The van der Waals surface area contributed by atoms with E-state index in [0.29, 0.717) is 33.6 Å². The molecular formula is C21H22BrN7O5. The van der Waals surface area contributed by atoms with E-state index in [9.17, 15) is 19.5 Å². The Balaban J connectivity index is 1.70. The highest BCUT2D eigenvalue weighted by atomic mass is 79.9. The molecule has 12 nitrogen and oxygen atoms in total. The lowest BCUT2D eigenvalue weighted by molar-refractivity contribution is -0.140. The minimum Gasteiger partial charge on any atom is -0.481 e. The number of nitrogens with one attached hydrogen (secondary N) is 1. The maximum Gasteiger partial charge on any atom is 0.326 e. The van der Waals surface area contributed by atoms with Crippen molar-refractivity contribution in [3.8, 4) is 0 Å². The van der Waals surface area contributed by atoms with Gasteiger partial charge < -0.3 is 31.9 Å². The fourth-order valence-corrected chi connectivity index (χ4v) is 3.41. The molecule has 13 heteroatoms. The topological polar surface area (TPSA) is 198 Å². The number of rotatable bonds is 9. The van der Waals surface area contributed by atoms with Crippen molar-refractivity contribution in [2.45, 2.75) is 25.4 Å². The van der Waals surface area contributed by atoms with Crippen molar-refractivity contribution in [1.29, 1.82) is 0 Å². The van der Waals surface area contributed by atoms with Gasteiger partial charge in [0.15, 0.2) is 5.65 Å². The predicted molar refractivity (Wildman–Crippen MR) is 128 cm³/mol. The van der Waals surface area contributed by atoms with Gasteiger partial charge in [-0.3, -0.25) is 9.59 Å². The number of carboxylic acids is 2. The van der Waals surface area contributed by atoms with Crippen molar-refractivity contribution in [2.24, 2.45) is 0 Å². The van der Waals surface area contributed by atoms with Gasteiger partial charge in [0.25, 0.3) is 5.91 Å². The zero-order valence-corrected chi connectivity index (χ0v) is 19.6. The van der Waals surface area contributed by atoms with Gasteiger partial charge in [-0.2, -0.15) is 0 Å². The highest BCUT2D eigenvalue weighted by Gasteiger charge is 2.21. The lowest BCUT2D eigenvalue weighted by Crippen LogP contribution is -2.41. The average molecular weight is 532 g/mol. The van der Waals surface area contributed by atoms with Gasteiger partial charge in [-0.05, 0) is 46.6 Å². The van der Waals surface area contributed by atoms with Gasteiger partial charge in [-0.25, -0.2) is 19.7 Å². The van der Waals surface area contributed by atoms with Crippen LogP contribution in [0.1, 0.15) is 28.9 Å². The summed E-state index contributed by atoms with van der Waals surface area (Å²) in [5.74, 6) is -2.82. The Labute approximate surface area is 202 Å². The summed E-state index contributed by atoms with van der Waals surface area (Å²) in [5, 5.41) is 20.3. The number of carboxylic acid groups (broad SMARTS) is 2. The number of hydrogen-bond acceptors (Lipinski definition) is 9. The third-order valence-corrected chi connectivity index (χ3v) is 5.80. The van der Waals surface area contributed by atoms with E-state index in [4.69, 9.17) is 16.6 Å². The van der Waals surface area contributed by atoms with Crippen LogP contribution in [0.25, 0.3) is 11.2 Å². The van der Waals surface area contributed by atoms with Crippen molar-refractivity contribution in [3.63, 3.8) is 0 Å². The number of hydrogen-bond donors (Lipinski definition) is 5. The third kappa shape index (κ3) is 5.67. The lowest BCUT2D eigenvalue weighted by Gasteiger charge is -2.19. The highest BCUT2D eigenvalue weighted by molar-refractivity contribution is 9.10. The monoisotopic (exact) mass is 531 g/mol. The van der Waals surface area contributed by atoms with Crippen molar-refractivity contribution in [1.82, 2.24) is 20.3 Å². The maximum atomic E-state index is 12.4. The smallest absolute Gasteiger partial charge is 0.326 e. The van der Waals surface area contributed by atoms with Crippen LogP contribution in [0.15, 0.2) is 34.9 Å². The van der Waals surface area contributed by atoms with Crippen LogP contribution in [-0.4, -0.2) is 56.1 Å². The van der Waals surface area contributed by atoms with E-state index in [1.54, 1.807) is 30.5 Å². The molecule has 1 unspecified atom stereocenters. The second-order valence-corrected chi connectivity index (χ2v) is 8.25. The molecule has 1 amide bonds. The molecule has 0 spiro atoms. The van der Waals surface area contributed by atoms with Gasteiger partial charge in [0.2, 0.25) is 0 Å². The summed E-state index contributed by atoms with van der Waals surface area (Å²) < 4.78 is 0.460. The zero-order valence-electron chi connectivity index (χ0n) is 18.0. The number of nitrogens with zero attached hydrogens (tertiary/aromatic N) is 4. The van der Waals surface area contributed by atoms with Crippen LogP contribution in [0.2, 0.25) is 0 Å². The van der Waals surface area contributed by atoms with Crippen LogP contribution >= 0.6 is 15.9 Å². The Morgan fingerprint density at radius 1 is 1.15 bits per heavy atom. The molecule has 178 valence electrons. The largest absolute Gasteiger partial charge is 0.481 e. The molecule has 0 saturated heterocycles. The lowest BCUT2D eigenvalue weighted by atomic mass is 10.1. The van der Waals surface area contributed by atoms with E-state index in [0.717, 1.165) is 5.69 Å². The SMILES string of the molecule is CN(Cc1cnc2nc(N)c(Br)c(N)c2n1)c1ccc(C(=O)NC(CCC(=O)O)C(=O)O)cc1. The zero-order chi connectivity index (χ0) is 25.0. The van der Waals surface area contributed by atoms with Crippen LogP contribution in [0.3, 0.4) is 0 Å². The molecule has 0 saturated carbocycles. The normalized spacial score (nSPS) is 11.7. The quantitative estimate of drug-likeness (QED) is 0.268. The standard InChI is InChI=1S/C21H22BrN7O5/c1-29(9-11-8-25-19-17(26-11)16(23)15(22)18(24)28-19)12-4-2-10(3-5-12)20(32)27-13(21(33)34)6-7-14(30)31/h2-5,8,13H,6-7,9H2,1H3,(H,27,32)(H,30,31)(H,33,34)(H4,23,24,25,28). The van der Waals surface area contributed by atoms with E-state index in [2.05, 4.69) is 36.2 Å². The highest BCUT2D eigenvalue weighted by Crippen LogP contribution is 2.30. The summed E-state index contributed by atoms with van der Waals surface area (Å²) in [5.41, 5.74) is 14.6. The van der Waals surface area contributed by atoms with Crippen molar-refractivity contribution >= 4 is 62.1 Å². The number of fused-ring (bicyclic) bond motifs is 1. The fourth-order valence-electron chi connectivity index (χ4n) is 3.13. The molecule has 0 bridgehead atoms. The predicted octanol–water partition coefficient (Wildman–Crippen LogP) is 1.64. The molecular weight excluding hydrogens is 510 g/mol. The molecule has 1 atom stereocenters. The number of benzene rings is 1. The first-order valence-electron chi connectivity index (χ1n) is 9.99. The van der Waals surface area contributed by atoms with Crippen LogP contribution in [0.4, 0.5) is 17.2 Å². The second kappa shape index (κ2) is 10.3. The Hall–Kier alpha value is -4.00. The van der Waals surface area contributed by atoms with Gasteiger partial charge in [-0.15, -0.1) is 0 Å². The molecule has 2 heterocycles. The minimum atomic E-state index is -1.30. The molecule has 0 fully saturated rings. The fraction of sp³-hybridized carbons (Fsp3) is 0.238.